The SMILES string of the molecule is Cc1ccn([C@@H]2O[C@](CN=[N+]=[N-])(COP(=O)(OCCSC(=O)C(C)(C)C)OCCSC(=O)C(C)(C)C)[C@@H](O)[C@H]2F)c(=O)n1. The molecule has 1 aromatic heterocycles. The molecular formula is C25H39FN5O9PS2. The minimum absolute atomic E-state index is 0.102. The molecule has 242 valence electrons. The molecule has 0 aliphatic carbocycles. The van der Waals surface area contributed by atoms with E-state index >= 15 is 4.39 Å². The van der Waals surface area contributed by atoms with Gasteiger partial charge in [0, 0.05) is 39.1 Å². The Kier molecular flexibility index (Phi) is 13.4. The number of aryl methyl sites for hydroxylation is 1. The van der Waals surface area contributed by atoms with Crippen LogP contribution in [0.5, 0.6) is 0 Å². The van der Waals surface area contributed by atoms with Crippen molar-refractivity contribution >= 4 is 41.6 Å². The molecule has 14 nitrogen and oxygen atoms in total. The summed E-state index contributed by atoms with van der Waals surface area (Å²) < 4.78 is 52.0. The summed E-state index contributed by atoms with van der Waals surface area (Å²) in [6.07, 6.45) is -4.62. The van der Waals surface area contributed by atoms with Gasteiger partial charge in [-0.05, 0) is 18.5 Å². The normalized spacial score (nSPS) is 22.8. The quantitative estimate of drug-likeness (QED) is 0.0955. The first kappa shape index (κ1) is 37.4. The third kappa shape index (κ3) is 10.6. The van der Waals surface area contributed by atoms with E-state index in [1.807, 2.05) is 0 Å². The molecule has 1 fully saturated rings. The maximum atomic E-state index is 15.4. The Morgan fingerprint density at radius 3 is 2.16 bits per heavy atom. The highest BCUT2D eigenvalue weighted by atomic mass is 32.2. The van der Waals surface area contributed by atoms with Crippen LogP contribution in [0.15, 0.2) is 22.2 Å². The summed E-state index contributed by atoms with van der Waals surface area (Å²) in [5.41, 5.74) is 5.13. The van der Waals surface area contributed by atoms with Crippen molar-refractivity contribution in [1.82, 2.24) is 9.55 Å². The van der Waals surface area contributed by atoms with Gasteiger partial charge in [-0.2, -0.15) is 4.98 Å². The molecule has 1 saturated heterocycles. The van der Waals surface area contributed by atoms with Crippen LogP contribution in [0.4, 0.5) is 4.39 Å². The molecule has 0 unspecified atom stereocenters. The highest BCUT2D eigenvalue weighted by molar-refractivity contribution is 8.14. The lowest BCUT2D eigenvalue weighted by molar-refractivity contribution is -0.122. The number of rotatable bonds is 14. The van der Waals surface area contributed by atoms with Crippen LogP contribution in [-0.4, -0.2) is 80.6 Å². The van der Waals surface area contributed by atoms with E-state index in [1.165, 1.54) is 12.3 Å². The molecule has 18 heteroatoms. The van der Waals surface area contributed by atoms with Gasteiger partial charge in [-0.3, -0.25) is 27.7 Å². The van der Waals surface area contributed by atoms with Crippen LogP contribution in [0.2, 0.25) is 0 Å². The lowest BCUT2D eigenvalue weighted by Gasteiger charge is -2.31. The summed E-state index contributed by atoms with van der Waals surface area (Å²) in [6, 6.07) is 1.44. The van der Waals surface area contributed by atoms with E-state index in [9.17, 15) is 24.1 Å². The third-order valence-corrected chi connectivity index (χ3v) is 9.87. The molecule has 1 aliphatic heterocycles. The molecule has 2 heterocycles. The van der Waals surface area contributed by atoms with Crippen molar-refractivity contribution in [2.45, 2.75) is 72.6 Å². The van der Waals surface area contributed by atoms with Crippen molar-refractivity contribution in [1.29, 1.82) is 0 Å². The predicted molar refractivity (Wildman–Crippen MR) is 160 cm³/mol. The molecule has 0 saturated carbocycles. The zero-order valence-corrected chi connectivity index (χ0v) is 27.7. The van der Waals surface area contributed by atoms with E-state index in [4.69, 9.17) is 23.8 Å². The highest BCUT2D eigenvalue weighted by Crippen LogP contribution is 2.52. The number of thioether (sulfide) groups is 2. The molecule has 0 amide bonds. The number of azide groups is 1. The number of phosphoric acid groups is 1. The Labute approximate surface area is 258 Å². The molecule has 0 bridgehead atoms. The number of aromatic nitrogens is 2. The molecule has 4 atom stereocenters. The zero-order valence-electron chi connectivity index (χ0n) is 25.2. The van der Waals surface area contributed by atoms with Crippen molar-refractivity contribution in [3.8, 4) is 0 Å². The maximum Gasteiger partial charge on any atom is 0.474 e. The summed E-state index contributed by atoms with van der Waals surface area (Å²) in [4.78, 5) is 43.3. The number of hydrogen-bond donors (Lipinski definition) is 1. The summed E-state index contributed by atoms with van der Waals surface area (Å²) in [5.74, 6) is 0.204. The van der Waals surface area contributed by atoms with Crippen LogP contribution in [-0.2, 0) is 32.5 Å². The van der Waals surface area contributed by atoms with Crippen LogP contribution in [0.25, 0.3) is 10.4 Å². The predicted octanol–water partition coefficient (Wildman–Crippen LogP) is 4.60. The van der Waals surface area contributed by atoms with Crippen LogP contribution in [0.3, 0.4) is 0 Å². The van der Waals surface area contributed by atoms with E-state index in [0.29, 0.717) is 5.69 Å². The maximum absolute atomic E-state index is 15.4. The van der Waals surface area contributed by atoms with Crippen molar-refractivity contribution < 1.29 is 42.0 Å². The minimum atomic E-state index is -4.48. The Balaban J connectivity index is 2.24. The van der Waals surface area contributed by atoms with Gasteiger partial charge in [-0.1, -0.05) is 70.2 Å². The summed E-state index contributed by atoms with van der Waals surface area (Å²) >= 11 is 1.92. The largest absolute Gasteiger partial charge is 0.474 e. The standard InChI is InChI=1S/C25H39FN5O9PS2/c1-16-8-9-31(22(35)29-16)19-17(26)18(32)25(40-19,14-28-30-27)15-39-41(36,37-10-12-42-20(33)23(2,3)4)38-11-13-43-21(34)24(5,6)7/h8-9,17-19,32H,10-15H2,1-7H3/t17-,18+,19-,25-/m1/s1. The molecule has 43 heavy (non-hydrogen) atoms. The van der Waals surface area contributed by atoms with E-state index < -0.39 is 61.6 Å². The average Bonchev–Trinajstić information content (AvgIpc) is 3.15. The van der Waals surface area contributed by atoms with Gasteiger partial charge in [0.15, 0.2) is 22.6 Å². The Hall–Kier alpha value is -1.81. The van der Waals surface area contributed by atoms with E-state index in [2.05, 4.69) is 15.0 Å². The minimum Gasteiger partial charge on any atom is -0.387 e. The lowest BCUT2D eigenvalue weighted by Crippen LogP contribution is -2.48. The number of alkyl halides is 1. The molecule has 1 N–H and O–H groups in total. The second-order valence-corrected chi connectivity index (χ2v) is 15.6. The van der Waals surface area contributed by atoms with Crippen molar-refractivity contribution in [3.63, 3.8) is 0 Å². The Morgan fingerprint density at radius 1 is 1.16 bits per heavy atom. The number of ether oxygens (including phenoxy) is 1. The van der Waals surface area contributed by atoms with Gasteiger partial charge in [0.1, 0.15) is 11.7 Å². The van der Waals surface area contributed by atoms with Crippen LogP contribution in [0.1, 0.15) is 53.5 Å². The first-order valence-corrected chi connectivity index (χ1v) is 16.7. The molecule has 1 aromatic rings. The van der Waals surface area contributed by atoms with Gasteiger partial charge in [0.05, 0.1) is 26.4 Å². The number of nitrogens with zero attached hydrogens (tertiary/aromatic N) is 5. The van der Waals surface area contributed by atoms with Crippen molar-refractivity contribution in [2.24, 2.45) is 15.9 Å². The molecule has 0 aromatic carbocycles. The first-order chi connectivity index (χ1) is 19.8. The van der Waals surface area contributed by atoms with Gasteiger partial charge < -0.3 is 9.84 Å². The van der Waals surface area contributed by atoms with Crippen LogP contribution >= 0.6 is 31.3 Å². The number of carbonyl (C=O) groups is 2. The number of phosphoric ester groups is 1. The summed E-state index contributed by atoms with van der Waals surface area (Å²) in [7, 11) is -4.48. The van der Waals surface area contributed by atoms with E-state index in [-0.39, 0.29) is 35.0 Å². The fourth-order valence-electron chi connectivity index (χ4n) is 3.47. The molecule has 0 radical (unpaired) electrons. The molecule has 0 spiro atoms. The first-order valence-electron chi connectivity index (χ1n) is 13.3. The van der Waals surface area contributed by atoms with Gasteiger partial charge in [-0.25, -0.2) is 13.8 Å². The van der Waals surface area contributed by atoms with Crippen molar-refractivity contribution in [2.75, 3.05) is 37.9 Å². The fourth-order valence-corrected chi connectivity index (χ4v) is 6.52. The number of carbonyl (C=O) groups excluding carboxylic acids is 2. The molecule has 2 rings (SSSR count). The third-order valence-electron chi connectivity index (χ3n) is 5.94. The van der Waals surface area contributed by atoms with Gasteiger partial charge in [0.25, 0.3) is 0 Å². The summed E-state index contributed by atoms with van der Waals surface area (Å²) in [6.45, 7) is 10.1. The topological polar surface area (TPSA) is 192 Å². The molecule has 1 aliphatic rings. The number of aliphatic hydroxyl groups excluding tert-OH is 1. The lowest BCUT2D eigenvalue weighted by atomic mass is 9.97. The fraction of sp³-hybridized carbons (Fsp3) is 0.760. The Morgan fingerprint density at radius 2 is 1.70 bits per heavy atom. The monoisotopic (exact) mass is 667 g/mol. The van der Waals surface area contributed by atoms with Gasteiger partial charge >= 0.3 is 13.5 Å². The van der Waals surface area contributed by atoms with Gasteiger partial charge in [-0.15, -0.1) is 0 Å². The number of halogens is 1. The number of hydrogen-bond acceptors (Lipinski definition) is 13. The smallest absolute Gasteiger partial charge is 0.387 e. The second kappa shape index (κ2) is 15.5. The van der Waals surface area contributed by atoms with Crippen LogP contribution < -0.4 is 5.69 Å². The second-order valence-electron chi connectivity index (χ2n) is 11.8. The molecular weight excluding hydrogens is 628 g/mol. The summed E-state index contributed by atoms with van der Waals surface area (Å²) in [5, 5.41) is 14.0. The van der Waals surface area contributed by atoms with Gasteiger partial charge in [0.2, 0.25) is 0 Å². The average molecular weight is 668 g/mol. The Bertz CT molecular complexity index is 1260. The van der Waals surface area contributed by atoms with E-state index in [1.54, 1.807) is 48.5 Å². The van der Waals surface area contributed by atoms with Crippen LogP contribution in [0, 0.1) is 17.8 Å². The zero-order chi connectivity index (χ0) is 32.6. The highest BCUT2D eigenvalue weighted by Gasteiger charge is 2.57. The van der Waals surface area contributed by atoms with E-state index in [0.717, 1.165) is 28.1 Å². The van der Waals surface area contributed by atoms with Crippen molar-refractivity contribution in [3.05, 3.63) is 38.9 Å². The number of aliphatic hydroxyl groups is 1.